The molecule has 3 aliphatic rings. The Morgan fingerprint density at radius 1 is 0.467 bits per heavy atom. The molecule has 10 aromatic rings. The molecule has 458 valence electrons. The average Bonchev–Trinajstić information content (AvgIpc) is 1.15. The summed E-state index contributed by atoms with van der Waals surface area (Å²) >= 11 is 0. The minimum absolute atomic E-state index is 0. The third-order valence-corrected chi connectivity index (χ3v) is 17.1. The first-order valence-electron chi connectivity index (χ1n) is 30.8. The Morgan fingerprint density at radius 2 is 0.800 bits per heavy atom. The number of alkyl carbamates (subject to hydrolysis) is 1. The molecule has 16 heteroatoms. The number of nitrogens with one attached hydrogen (secondary N) is 3. The van der Waals surface area contributed by atoms with Crippen molar-refractivity contribution in [3.05, 3.63) is 287 Å². The third-order valence-electron chi connectivity index (χ3n) is 17.1. The van der Waals surface area contributed by atoms with E-state index in [2.05, 4.69) is 65.3 Å². The fraction of sp³-hybridized carbons (Fsp3) is 0.257. The Balaban J connectivity index is 0.000000197. The van der Waals surface area contributed by atoms with Crippen molar-refractivity contribution in [1.82, 2.24) is 36.2 Å². The summed E-state index contributed by atoms with van der Waals surface area (Å²) in [6, 6.07) is 74.4. The summed E-state index contributed by atoms with van der Waals surface area (Å²) in [5.74, 6) is 0.751. The van der Waals surface area contributed by atoms with Crippen LogP contribution in [0.2, 0.25) is 0 Å². The highest BCUT2D eigenvalue weighted by atomic mass is 16.5. The maximum Gasteiger partial charge on any atom is 0.407 e. The van der Waals surface area contributed by atoms with E-state index >= 15 is 0 Å². The zero-order valence-electron chi connectivity index (χ0n) is 49.6. The lowest BCUT2D eigenvalue weighted by atomic mass is 9.77. The molecule has 2 fully saturated rings. The van der Waals surface area contributed by atoms with Crippen LogP contribution in [0.5, 0.6) is 0 Å². The molecule has 5 N–H and O–H groups in total. The molecule has 8 aromatic carbocycles. The van der Waals surface area contributed by atoms with Crippen LogP contribution in [-0.4, -0.2) is 71.0 Å². The molecule has 90 heavy (non-hydrogen) atoms. The van der Waals surface area contributed by atoms with Crippen molar-refractivity contribution in [3.63, 3.8) is 0 Å². The van der Waals surface area contributed by atoms with Crippen LogP contribution < -0.4 is 31.5 Å². The van der Waals surface area contributed by atoms with E-state index in [9.17, 15) is 14.4 Å². The zero-order chi connectivity index (χ0) is 60.8. The number of rotatable bonds is 19. The Labute approximate surface area is 525 Å². The Bertz CT molecular complexity index is 3680. The fourth-order valence-corrected chi connectivity index (χ4v) is 12.7. The standard InChI is InChI=1S/C44H41N5O4.C29H31N5O2.CH4/c50-40(47-44(31-17-5-1-6-18-31,32-19-7-2-8-20-32)33-21-9-3-10-22-33)29-39(41-46-42(48-53-41)49-27-15-4-16-28-49)45-43(51)52-30-38-36-25-13-11-23-34(36)35-24-12-14-26-37(35)38;30-25(27-31-28(33-36-27)34-19-11-4-12-20-34)21-26(35)32-29(22-13-5-1-6-14-22,23-15-7-2-8-16-23)24-17-9-3-10-18-24;/h1-3,5-14,17-26,38-39H,4,15-16,27-30H2,(H,45,51)(H,47,50);1-3,5-10,13-18,25H,4,11-12,19-21,30H2,(H,32,35);1H4/t39-;25-;/m00./s1. The van der Waals surface area contributed by atoms with E-state index in [1.165, 1.54) is 6.42 Å². The average molecular weight is 1200 g/mol. The molecule has 3 amide bonds. The first-order valence-corrected chi connectivity index (χ1v) is 30.8. The molecular formula is C74H76N10O6. The van der Waals surface area contributed by atoms with Crippen molar-refractivity contribution < 1.29 is 28.2 Å². The van der Waals surface area contributed by atoms with Gasteiger partial charge in [0.25, 0.3) is 17.8 Å². The zero-order valence-corrected chi connectivity index (χ0v) is 49.6. The molecule has 2 aromatic heterocycles. The number of carbonyl (C=O) groups is 3. The van der Waals surface area contributed by atoms with Gasteiger partial charge in [-0.15, -0.1) is 0 Å². The molecule has 2 atom stereocenters. The Hall–Kier alpha value is -10.2. The smallest absolute Gasteiger partial charge is 0.407 e. The number of benzene rings is 8. The number of fused-ring (bicyclic) bond motifs is 3. The van der Waals surface area contributed by atoms with Gasteiger partial charge in [-0.3, -0.25) is 9.59 Å². The molecule has 1 aliphatic carbocycles. The van der Waals surface area contributed by atoms with Crippen LogP contribution in [0.25, 0.3) is 11.1 Å². The molecule has 0 spiro atoms. The van der Waals surface area contributed by atoms with E-state index in [0.29, 0.717) is 11.9 Å². The molecule has 0 saturated carbocycles. The minimum atomic E-state index is -1.04. The van der Waals surface area contributed by atoms with Gasteiger partial charge in [0.2, 0.25) is 17.7 Å². The number of hydrogen-bond donors (Lipinski definition) is 4. The molecule has 13 rings (SSSR count). The third kappa shape index (κ3) is 13.4. The number of carbonyl (C=O) groups excluding carboxylic acids is 3. The maximum atomic E-state index is 14.5. The summed E-state index contributed by atoms with van der Waals surface area (Å²) in [7, 11) is 0. The molecule has 16 nitrogen and oxygen atoms in total. The molecule has 4 heterocycles. The predicted molar refractivity (Wildman–Crippen MR) is 349 cm³/mol. The number of amides is 3. The topological polar surface area (TPSA) is 207 Å². The van der Waals surface area contributed by atoms with E-state index in [1.54, 1.807) is 0 Å². The fourth-order valence-electron chi connectivity index (χ4n) is 12.7. The quantitative estimate of drug-likeness (QED) is 0.0557. The lowest BCUT2D eigenvalue weighted by Gasteiger charge is -2.37. The van der Waals surface area contributed by atoms with Gasteiger partial charge in [-0.25, -0.2) is 4.79 Å². The van der Waals surface area contributed by atoms with Crippen molar-refractivity contribution in [2.75, 3.05) is 42.6 Å². The molecule has 2 aliphatic heterocycles. The maximum absolute atomic E-state index is 14.5. The summed E-state index contributed by atoms with van der Waals surface area (Å²) in [4.78, 5) is 55.1. The first-order chi connectivity index (χ1) is 43.8. The van der Waals surface area contributed by atoms with Crippen LogP contribution in [-0.2, 0) is 25.4 Å². The van der Waals surface area contributed by atoms with Crippen molar-refractivity contribution >= 4 is 29.8 Å². The summed E-state index contributed by atoms with van der Waals surface area (Å²) < 4.78 is 17.2. The number of piperidine rings is 2. The highest BCUT2D eigenvalue weighted by molar-refractivity contribution is 5.82. The first kappa shape index (κ1) is 61.5. The van der Waals surface area contributed by atoms with E-state index < -0.39 is 29.3 Å². The van der Waals surface area contributed by atoms with Gasteiger partial charge in [0.15, 0.2) is 0 Å². The second-order valence-electron chi connectivity index (χ2n) is 22.8. The number of hydrogen-bond acceptors (Lipinski definition) is 13. The van der Waals surface area contributed by atoms with Crippen molar-refractivity contribution in [2.45, 2.75) is 87.9 Å². The van der Waals surface area contributed by atoms with Crippen LogP contribution in [0.15, 0.2) is 240 Å². The van der Waals surface area contributed by atoms with Gasteiger partial charge in [0, 0.05) is 32.1 Å². The number of nitrogens with two attached hydrogens (primary N) is 1. The lowest BCUT2D eigenvalue weighted by Crippen LogP contribution is -2.48. The van der Waals surface area contributed by atoms with E-state index in [1.807, 2.05) is 206 Å². The van der Waals surface area contributed by atoms with Crippen LogP contribution in [0.3, 0.4) is 0 Å². The predicted octanol–water partition coefficient (Wildman–Crippen LogP) is 13.3. The Morgan fingerprint density at radius 3 is 1.19 bits per heavy atom. The summed E-state index contributed by atoms with van der Waals surface area (Å²) in [6.45, 7) is 3.57. The molecule has 2 saturated heterocycles. The Kier molecular flexibility index (Phi) is 19.6. The summed E-state index contributed by atoms with van der Waals surface area (Å²) in [5, 5.41) is 18.0. The van der Waals surface area contributed by atoms with Crippen molar-refractivity contribution in [3.8, 4) is 11.1 Å². The van der Waals surface area contributed by atoms with Crippen LogP contribution in [0.4, 0.5) is 16.7 Å². The van der Waals surface area contributed by atoms with Crippen molar-refractivity contribution in [1.29, 1.82) is 0 Å². The van der Waals surface area contributed by atoms with Crippen molar-refractivity contribution in [2.24, 2.45) is 5.73 Å². The number of anilines is 2. The van der Waals surface area contributed by atoms with Gasteiger partial charge >= 0.3 is 6.09 Å². The monoisotopic (exact) mass is 1200 g/mol. The molecular weight excluding hydrogens is 1120 g/mol. The highest BCUT2D eigenvalue weighted by Crippen LogP contribution is 2.45. The minimum Gasteiger partial charge on any atom is -0.449 e. The summed E-state index contributed by atoms with van der Waals surface area (Å²) in [5.41, 5.74) is 14.5. The number of aromatic nitrogens is 4. The largest absolute Gasteiger partial charge is 0.449 e. The molecule has 0 bridgehead atoms. The van der Waals surface area contributed by atoms with Gasteiger partial charge in [-0.1, -0.05) is 238 Å². The van der Waals surface area contributed by atoms with Gasteiger partial charge in [0.05, 0.1) is 18.9 Å². The lowest BCUT2D eigenvalue weighted by molar-refractivity contribution is -0.123. The second-order valence-corrected chi connectivity index (χ2v) is 22.8. The van der Waals surface area contributed by atoms with Crippen LogP contribution >= 0.6 is 0 Å². The van der Waals surface area contributed by atoms with Crippen LogP contribution in [0, 0.1) is 0 Å². The molecule has 0 unspecified atom stereocenters. The van der Waals surface area contributed by atoms with E-state index in [4.69, 9.17) is 24.5 Å². The van der Waals surface area contributed by atoms with Crippen LogP contribution in [0.1, 0.15) is 133 Å². The van der Waals surface area contributed by atoms with E-state index in [-0.39, 0.29) is 56.4 Å². The second kappa shape index (κ2) is 28.8. The van der Waals surface area contributed by atoms with E-state index in [0.717, 1.165) is 114 Å². The molecule has 0 radical (unpaired) electrons. The summed E-state index contributed by atoms with van der Waals surface area (Å²) in [6.07, 6.45) is 5.81. The van der Waals surface area contributed by atoms with Gasteiger partial charge < -0.3 is 45.3 Å². The van der Waals surface area contributed by atoms with Gasteiger partial charge in [0.1, 0.15) is 23.7 Å². The SMILES string of the molecule is C.N[C@@H](CC(=O)NC(c1ccccc1)(c1ccccc1)c1ccccc1)c1nc(N2CCCCC2)no1.O=C(C[C@H](NC(=O)OCC1c2ccccc2-c2ccccc21)c1nc(N2CCCCC2)no1)NC(c1ccccc1)(c1ccccc1)c1ccccc1. The van der Waals surface area contributed by atoms with Gasteiger partial charge in [-0.2, -0.15) is 9.97 Å². The normalized spacial score (nSPS) is 14.5. The number of ether oxygens (including phenoxy) is 1. The number of nitrogens with zero attached hydrogens (tertiary/aromatic N) is 6. The highest BCUT2D eigenvalue weighted by Gasteiger charge is 2.41. The van der Waals surface area contributed by atoms with Gasteiger partial charge in [-0.05, 0) is 104 Å².